The lowest BCUT2D eigenvalue weighted by Gasteiger charge is -1.96. The van der Waals surface area contributed by atoms with Crippen molar-refractivity contribution >= 4 is 22.7 Å². The fourth-order valence-electron chi connectivity index (χ4n) is 2.44. The van der Waals surface area contributed by atoms with Crippen molar-refractivity contribution in [1.82, 2.24) is 9.97 Å². The molecule has 4 heteroatoms. The highest BCUT2D eigenvalue weighted by molar-refractivity contribution is 7.10. The SMILES string of the molecule is Cc1csc(CCc2cc(CCc3c[nH]c(C)c3)cs2)n1. The molecule has 0 bridgehead atoms. The minimum Gasteiger partial charge on any atom is -0.365 e. The topological polar surface area (TPSA) is 28.7 Å². The van der Waals surface area contributed by atoms with Gasteiger partial charge in [0.25, 0.3) is 0 Å². The van der Waals surface area contributed by atoms with Gasteiger partial charge >= 0.3 is 0 Å². The van der Waals surface area contributed by atoms with Crippen molar-refractivity contribution in [2.75, 3.05) is 0 Å². The minimum atomic E-state index is 1.06. The second-order valence-corrected chi connectivity index (χ2v) is 7.43. The highest BCUT2D eigenvalue weighted by Gasteiger charge is 2.04. The number of aromatic amines is 1. The van der Waals surface area contributed by atoms with E-state index in [1.165, 1.54) is 26.7 Å². The number of thiazole rings is 1. The summed E-state index contributed by atoms with van der Waals surface area (Å²) in [5.74, 6) is 0. The van der Waals surface area contributed by atoms with Gasteiger partial charge in [-0.15, -0.1) is 22.7 Å². The van der Waals surface area contributed by atoms with E-state index in [2.05, 4.69) is 52.9 Å². The average Bonchev–Trinajstić information content (AvgIpc) is 3.16. The van der Waals surface area contributed by atoms with E-state index < -0.39 is 0 Å². The number of hydrogen-bond donors (Lipinski definition) is 1. The Hall–Kier alpha value is -1.39. The van der Waals surface area contributed by atoms with E-state index in [1.807, 2.05) is 11.3 Å². The number of aryl methyl sites for hydroxylation is 6. The molecule has 3 aromatic heterocycles. The van der Waals surface area contributed by atoms with Crippen LogP contribution in [0, 0.1) is 13.8 Å². The van der Waals surface area contributed by atoms with Gasteiger partial charge in [0.1, 0.15) is 0 Å². The quantitative estimate of drug-likeness (QED) is 0.700. The van der Waals surface area contributed by atoms with Gasteiger partial charge in [0.15, 0.2) is 0 Å². The summed E-state index contributed by atoms with van der Waals surface area (Å²) in [6.07, 6.45) is 6.54. The first-order valence-corrected chi connectivity index (χ1v) is 9.06. The van der Waals surface area contributed by atoms with E-state index in [4.69, 9.17) is 0 Å². The molecule has 0 unspecified atom stereocenters. The van der Waals surface area contributed by atoms with Crippen LogP contribution < -0.4 is 0 Å². The molecule has 0 aliphatic rings. The molecule has 0 saturated carbocycles. The smallest absolute Gasteiger partial charge is 0.0931 e. The van der Waals surface area contributed by atoms with E-state index in [0.29, 0.717) is 0 Å². The van der Waals surface area contributed by atoms with Crippen LogP contribution in [-0.2, 0) is 25.7 Å². The number of nitrogens with one attached hydrogen (secondary N) is 1. The van der Waals surface area contributed by atoms with Crippen molar-refractivity contribution < 1.29 is 0 Å². The fourth-order valence-corrected chi connectivity index (χ4v) is 4.14. The Morgan fingerprint density at radius 1 is 0.952 bits per heavy atom. The molecular formula is C17H20N2S2. The Morgan fingerprint density at radius 3 is 2.52 bits per heavy atom. The highest BCUT2D eigenvalue weighted by atomic mass is 32.1. The molecule has 0 spiro atoms. The number of nitrogens with zero attached hydrogens (tertiary/aromatic N) is 1. The Balaban J connectivity index is 1.51. The van der Waals surface area contributed by atoms with E-state index in [0.717, 1.165) is 31.4 Å². The first-order chi connectivity index (χ1) is 10.2. The molecule has 0 aliphatic heterocycles. The minimum absolute atomic E-state index is 1.06. The van der Waals surface area contributed by atoms with E-state index in [9.17, 15) is 0 Å². The third kappa shape index (κ3) is 4.05. The van der Waals surface area contributed by atoms with Crippen molar-refractivity contribution in [3.8, 4) is 0 Å². The lowest BCUT2D eigenvalue weighted by Crippen LogP contribution is -1.89. The van der Waals surface area contributed by atoms with Crippen LogP contribution in [0.4, 0.5) is 0 Å². The first-order valence-electron chi connectivity index (χ1n) is 7.30. The third-order valence-corrected chi connectivity index (χ3v) is 5.62. The number of thiophene rings is 1. The van der Waals surface area contributed by atoms with Crippen LogP contribution in [0.1, 0.15) is 32.4 Å². The molecule has 0 aliphatic carbocycles. The second-order valence-electron chi connectivity index (χ2n) is 5.49. The van der Waals surface area contributed by atoms with Crippen LogP contribution in [0.2, 0.25) is 0 Å². The Bertz CT molecular complexity index is 647. The van der Waals surface area contributed by atoms with Crippen LogP contribution in [0.5, 0.6) is 0 Å². The zero-order valence-electron chi connectivity index (χ0n) is 12.5. The van der Waals surface area contributed by atoms with Crippen LogP contribution >= 0.6 is 22.7 Å². The van der Waals surface area contributed by atoms with Crippen LogP contribution in [0.15, 0.2) is 29.1 Å². The maximum atomic E-state index is 4.53. The molecule has 0 aromatic carbocycles. The van der Waals surface area contributed by atoms with Crippen LogP contribution in [0.3, 0.4) is 0 Å². The fraction of sp³-hybridized carbons (Fsp3) is 0.353. The van der Waals surface area contributed by atoms with Crippen molar-refractivity contribution in [1.29, 1.82) is 0 Å². The lowest BCUT2D eigenvalue weighted by atomic mass is 10.1. The maximum Gasteiger partial charge on any atom is 0.0931 e. The summed E-state index contributed by atoms with van der Waals surface area (Å²) in [4.78, 5) is 9.25. The Kier molecular flexibility index (Phi) is 4.56. The van der Waals surface area contributed by atoms with E-state index >= 15 is 0 Å². The molecule has 0 radical (unpaired) electrons. The number of hydrogen-bond acceptors (Lipinski definition) is 3. The number of H-pyrrole nitrogens is 1. The number of rotatable bonds is 6. The molecular weight excluding hydrogens is 296 g/mol. The zero-order valence-corrected chi connectivity index (χ0v) is 14.1. The van der Waals surface area contributed by atoms with Gasteiger partial charge in [0, 0.05) is 34.3 Å². The molecule has 110 valence electrons. The molecule has 1 N–H and O–H groups in total. The zero-order chi connectivity index (χ0) is 14.7. The summed E-state index contributed by atoms with van der Waals surface area (Å²) in [5.41, 5.74) is 5.25. The van der Waals surface area contributed by atoms with Gasteiger partial charge in [-0.3, -0.25) is 0 Å². The van der Waals surface area contributed by atoms with Gasteiger partial charge < -0.3 is 4.98 Å². The monoisotopic (exact) mass is 316 g/mol. The summed E-state index contributed by atoms with van der Waals surface area (Å²) in [6.45, 7) is 4.17. The van der Waals surface area contributed by atoms with E-state index in [1.54, 1.807) is 11.3 Å². The summed E-state index contributed by atoms with van der Waals surface area (Å²) in [5, 5.41) is 5.70. The molecule has 3 heterocycles. The molecule has 0 fully saturated rings. The summed E-state index contributed by atoms with van der Waals surface area (Å²) in [7, 11) is 0. The van der Waals surface area contributed by atoms with Gasteiger partial charge in [-0.25, -0.2) is 4.98 Å². The Labute approximate surface area is 133 Å². The first kappa shape index (κ1) is 14.5. The van der Waals surface area contributed by atoms with Crippen molar-refractivity contribution in [3.63, 3.8) is 0 Å². The summed E-state index contributed by atoms with van der Waals surface area (Å²) in [6, 6.07) is 4.60. The predicted octanol–water partition coefficient (Wildman–Crippen LogP) is 4.72. The molecule has 21 heavy (non-hydrogen) atoms. The van der Waals surface area contributed by atoms with Crippen LogP contribution in [-0.4, -0.2) is 9.97 Å². The molecule has 0 atom stereocenters. The summed E-state index contributed by atoms with van der Waals surface area (Å²) < 4.78 is 0. The maximum absolute atomic E-state index is 4.53. The van der Waals surface area contributed by atoms with Gasteiger partial charge in [0.05, 0.1) is 5.01 Å². The van der Waals surface area contributed by atoms with Crippen molar-refractivity contribution in [2.45, 2.75) is 39.5 Å². The van der Waals surface area contributed by atoms with Gasteiger partial charge in [-0.05, 0) is 61.7 Å². The van der Waals surface area contributed by atoms with Crippen LogP contribution in [0.25, 0.3) is 0 Å². The molecule has 0 saturated heterocycles. The summed E-state index contributed by atoms with van der Waals surface area (Å²) >= 11 is 3.66. The van der Waals surface area contributed by atoms with E-state index in [-0.39, 0.29) is 0 Å². The number of aromatic nitrogens is 2. The van der Waals surface area contributed by atoms with Gasteiger partial charge in [0.2, 0.25) is 0 Å². The van der Waals surface area contributed by atoms with Crippen molar-refractivity contribution in [2.24, 2.45) is 0 Å². The lowest BCUT2D eigenvalue weighted by molar-refractivity contribution is 0.941. The molecule has 3 aromatic rings. The average molecular weight is 316 g/mol. The van der Waals surface area contributed by atoms with Crippen molar-refractivity contribution in [3.05, 3.63) is 61.5 Å². The normalized spacial score (nSPS) is 11.1. The molecule has 3 rings (SSSR count). The Morgan fingerprint density at radius 2 is 1.81 bits per heavy atom. The largest absolute Gasteiger partial charge is 0.365 e. The highest BCUT2D eigenvalue weighted by Crippen LogP contribution is 2.20. The second kappa shape index (κ2) is 6.58. The van der Waals surface area contributed by atoms with Gasteiger partial charge in [-0.2, -0.15) is 0 Å². The third-order valence-electron chi connectivity index (χ3n) is 3.55. The molecule has 0 amide bonds. The molecule has 2 nitrogen and oxygen atoms in total. The standard InChI is InChI=1S/C17H20N2S2/c1-12-7-14(9-18-12)3-4-15-8-16(20-11-15)5-6-17-19-13(2)10-21-17/h7-11,18H,3-6H2,1-2H3. The predicted molar refractivity (Wildman–Crippen MR) is 91.5 cm³/mol. The van der Waals surface area contributed by atoms with Gasteiger partial charge in [-0.1, -0.05) is 0 Å².